The first-order valence-electron chi connectivity index (χ1n) is 8.06. The van der Waals surface area contributed by atoms with Gasteiger partial charge in [0.25, 0.3) is 0 Å². The molecule has 1 fully saturated rings. The Hall–Kier alpha value is -1.72. The summed E-state index contributed by atoms with van der Waals surface area (Å²) >= 11 is 0. The highest BCUT2D eigenvalue weighted by Crippen LogP contribution is 2.20. The van der Waals surface area contributed by atoms with Crippen molar-refractivity contribution in [2.75, 3.05) is 31.1 Å². The van der Waals surface area contributed by atoms with Crippen LogP contribution in [0.3, 0.4) is 0 Å². The number of benzene rings is 1. The Morgan fingerprint density at radius 1 is 1.27 bits per heavy atom. The fraction of sp³-hybridized carbons (Fsp3) is 0.529. The van der Waals surface area contributed by atoms with Crippen LogP contribution in [0, 0.1) is 0 Å². The molecular formula is C17H24N4O. The molecule has 0 saturated carbocycles. The second kappa shape index (κ2) is 6.58. The monoisotopic (exact) mass is 300 g/mol. The number of aromatic nitrogens is 2. The van der Waals surface area contributed by atoms with Crippen molar-refractivity contribution in [1.29, 1.82) is 0 Å². The minimum atomic E-state index is -0.277. The molecule has 3 rings (SSSR count). The van der Waals surface area contributed by atoms with Gasteiger partial charge in [-0.1, -0.05) is 19.1 Å². The molecule has 0 bridgehead atoms. The van der Waals surface area contributed by atoms with E-state index in [0.29, 0.717) is 6.04 Å². The Balaban J connectivity index is 1.77. The van der Waals surface area contributed by atoms with E-state index in [2.05, 4.69) is 21.7 Å². The van der Waals surface area contributed by atoms with Gasteiger partial charge in [0.05, 0.1) is 23.3 Å². The third-order valence-corrected chi connectivity index (χ3v) is 4.33. The molecule has 5 heteroatoms. The van der Waals surface area contributed by atoms with Gasteiger partial charge in [-0.05, 0) is 25.5 Å². The zero-order chi connectivity index (χ0) is 15.5. The Kier molecular flexibility index (Phi) is 4.55. The number of fused-ring (bicyclic) bond motifs is 1. The van der Waals surface area contributed by atoms with Gasteiger partial charge in [0.2, 0.25) is 0 Å². The summed E-state index contributed by atoms with van der Waals surface area (Å²) < 4.78 is 0. The normalized spacial score (nSPS) is 21.2. The van der Waals surface area contributed by atoms with E-state index in [1.807, 2.05) is 37.4 Å². The minimum absolute atomic E-state index is 0.277. The number of nitrogens with zero attached hydrogens (tertiary/aromatic N) is 4. The lowest BCUT2D eigenvalue weighted by Crippen LogP contribution is -2.54. The number of para-hydroxylation sites is 2. The molecule has 1 aliphatic rings. The van der Waals surface area contributed by atoms with Gasteiger partial charge in [-0.3, -0.25) is 9.88 Å². The first kappa shape index (κ1) is 15.2. The lowest BCUT2D eigenvalue weighted by molar-refractivity contribution is 0.0884. The van der Waals surface area contributed by atoms with Crippen LogP contribution in [-0.2, 0) is 0 Å². The molecule has 2 heterocycles. The topological polar surface area (TPSA) is 52.5 Å². The maximum absolute atomic E-state index is 9.64. The fourth-order valence-electron chi connectivity index (χ4n) is 3.17. The SMILES string of the molecule is CC[C@H]1CN(c2cnc3ccccc3n2)CCN1C[C@H](C)O. The molecule has 2 atom stereocenters. The highest BCUT2D eigenvalue weighted by molar-refractivity contribution is 5.75. The molecule has 1 N–H and O–H groups in total. The fourth-order valence-corrected chi connectivity index (χ4v) is 3.17. The number of aliphatic hydroxyl groups is 1. The molecule has 1 aliphatic heterocycles. The summed E-state index contributed by atoms with van der Waals surface area (Å²) in [6, 6.07) is 8.43. The molecule has 0 amide bonds. The summed E-state index contributed by atoms with van der Waals surface area (Å²) in [5, 5.41) is 9.64. The highest BCUT2D eigenvalue weighted by atomic mass is 16.3. The summed E-state index contributed by atoms with van der Waals surface area (Å²) in [6.07, 6.45) is 2.67. The minimum Gasteiger partial charge on any atom is -0.392 e. The zero-order valence-corrected chi connectivity index (χ0v) is 13.3. The number of rotatable bonds is 4. The van der Waals surface area contributed by atoms with Crippen LogP contribution >= 0.6 is 0 Å². The van der Waals surface area contributed by atoms with E-state index in [9.17, 15) is 5.11 Å². The lowest BCUT2D eigenvalue weighted by Gasteiger charge is -2.42. The number of piperazine rings is 1. The van der Waals surface area contributed by atoms with E-state index in [4.69, 9.17) is 4.98 Å². The van der Waals surface area contributed by atoms with Crippen LogP contribution < -0.4 is 4.90 Å². The second-order valence-electron chi connectivity index (χ2n) is 6.07. The molecule has 0 radical (unpaired) electrons. The first-order valence-corrected chi connectivity index (χ1v) is 8.06. The van der Waals surface area contributed by atoms with Crippen LogP contribution in [0.4, 0.5) is 5.82 Å². The van der Waals surface area contributed by atoms with Crippen LogP contribution in [0.25, 0.3) is 11.0 Å². The molecule has 5 nitrogen and oxygen atoms in total. The summed E-state index contributed by atoms with van der Waals surface area (Å²) in [4.78, 5) is 14.0. The van der Waals surface area contributed by atoms with Gasteiger partial charge in [-0.25, -0.2) is 4.98 Å². The quantitative estimate of drug-likeness (QED) is 0.935. The van der Waals surface area contributed by atoms with Crippen LogP contribution in [0.2, 0.25) is 0 Å². The number of aliphatic hydroxyl groups excluding tert-OH is 1. The van der Waals surface area contributed by atoms with Crippen molar-refractivity contribution in [2.24, 2.45) is 0 Å². The van der Waals surface area contributed by atoms with Crippen LogP contribution in [-0.4, -0.2) is 58.3 Å². The van der Waals surface area contributed by atoms with Crippen molar-refractivity contribution in [1.82, 2.24) is 14.9 Å². The van der Waals surface area contributed by atoms with Gasteiger partial charge in [0, 0.05) is 32.2 Å². The Labute approximate surface area is 131 Å². The van der Waals surface area contributed by atoms with Crippen molar-refractivity contribution in [3.05, 3.63) is 30.5 Å². The standard InChI is InChI=1S/C17H24N4O/c1-3-14-12-21(9-8-20(14)11-13(2)22)17-10-18-15-6-4-5-7-16(15)19-17/h4-7,10,13-14,22H,3,8-9,11-12H2,1-2H3/t13-,14-/m0/s1. The second-order valence-corrected chi connectivity index (χ2v) is 6.07. The van der Waals surface area contributed by atoms with Crippen molar-refractivity contribution in [3.63, 3.8) is 0 Å². The van der Waals surface area contributed by atoms with Crippen molar-refractivity contribution >= 4 is 16.9 Å². The third kappa shape index (κ3) is 3.20. The number of hydrogen-bond donors (Lipinski definition) is 1. The number of β-amino-alcohol motifs (C(OH)–C–C–N with tert-alkyl or cyclic N) is 1. The zero-order valence-electron chi connectivity index (χ0n) is 13.3. The van der Waals surface area contributed by atoms with Gasteiger partial charge in [0.1, 0.15) is 5.82 Å². The smallest absolute Gasteiger partial charge is 0.147 e. The maximum atomic E-state index is 9.64. The van der Waals surface area contributed by atoms with Crippen molar-refractivity contribution in [2.45, 2.75) is 32.4 Å². The molecule has 22 heavy (non-hydrogen) atoms. The van der Waals surface area contributed by atoms with E-state index in [1.165, 1.54) is 0 Å². The average Bonchev–Trinajstić information content (AvgIpc) is 2.54. The Bertz CT molecular complexity index is 631. The molecule has 1 aromatic heterocycles. The average molecular weight is 300 g/mol. The molecule has 1 aromatic carbocycles. The summed E-state index contributed by atoms with van der Waals surface area (Å²) in [5.74, 6) is 0.953. The molecule has 1 saturated heterocycles. The number of hydrogen-bond acceptors (Lipinski definition) is 5. The summed E-state index contributed by atoms with van der Waals surface area (Å²) in [7, 11) is 0. The third-order valence-electron chi connectivity index (χ3n) is 4.33. The maximum Gasteiger partial charge on any atom is 0.147 e. The van der Waals surface area contributed by atoms with Gasteiger partial charge in [-0.15, -0.1) is 0 Å². The van der Waals surface area contributed by atoms with Gasteiger partial charge >= 0.3 is 0 Å². The van der Waals surface area contributed by atoms with Gasteiger partial charge in [0.15, 0.2) is 0 Å². The Morgan fingerprint density at radius 3 is 2.77 bits per heavy atom. The van der Waals surface area contributed by atoms with E-state index in [1.54, 1.807) is 0 Å². The van der Waals surface area contributed by atoms with Crippen molar-refractivity contribution < 1.29 is 5.11 Å². The number of anilines is 1. The predicted molar refractivity (Wildman–Crippen MR) is 89.1 cm³/mol. The molecular weight excluding hydrogens is 276 g/mol. The first-order chi connectivity index (χ1) is 10.7. The molecule has 0 aliphatic carbocycles. The predicted octanol–water partition coefficient (Wildman–Crippen LogP) is 1.91. The molecule has 2 aromatic rings. The van der Waals surface area contributed by atoms with E-state index in [0.717, 1.165) is 49.5 Å². The van der Waals surface area contributed by atoms with Gasteiger partial charge < -0.3 is 10.0 Å². The van der Waals surface area contributed by atoms with Crippen LogP contribution in [0.5, 0.6) is 0 Å². The highest BCUT2D eigenvalue weighted by Gasteiger charge is 2.27. The molecule has 0 spiro atoms. The lowest BCUT2D eigenvalue weighted by atomic mass is 10.1. The summed E-state index contributed by atoms with van der Waals surface area (Å²) in [5.41, 5.74) is 1.88. The Morgan fingerprint density at radius 2 is 2.05 bits per heavy atom. The van der Waals surface area contributed by atoms with Crippen LogP contribution in [0.1, 0.15) is 20.3 Å². The molecule has 0 unspecified atom stereocenters. The van der Waals surface area contributed by atoms with Crippen LogP contribution in [0.15, 0.2) is 30.5 Å². The van der Waals surface area contributed by atoms with Gasteiger partial charge in [-0.2, -0.15) is 0 Å². The van der Waals surface area contributed by atoms with E-state index < -0.39 is 0 Å². The molecule has 118 valence electrons. The largest absolute Gasteiger partial charge is 0.392 e. The van der Waals surface area contributed by atoms with Crippen molar-refractivity contribution in [3.8, 4) is 0 Å². The van der Waals surface area contributed by atoms with E-state index in [-0.39, 0.29) is 6.10 Å². The van der Waals surface area contributed by atoms with E-state index >= 15 is 0 Å². The summed E-state index contributed by atoms with van der Waals surface area (Å²) in [6.45, 7) is 7.63.